The minimum absolute atomic E-state index is 0.0207. The molecule has 0 aliphatic heterocycles. The fourth-order valence-corrected chi connectivity index (χ4v) is 4.58. The Hall–Kier alpha value is -4.05. The summed E-state index contributed by atoms with van der Waals surface area (Å²) in [6, 6.07) is 20.4. The Bertz CT molecular complexity index is 1320. The van der Waals surface area contributed by atoms with Crippen molar-refractivity contribution in [2.45, 2.75) is 37.2 Å². The van der Waals surface area contributed by atoms with Crippen LogP contribution in [0.3, 0.4) is 0 Å². The smallest absolute Gasteiger partial charge is 0.338 e. The molecule has 0 spiro atoms. The van der Waals surface area contributed by atoms with Crippen molar-refractivity contribution in [1.29, 1.82) is 0 Å². The number of carbonyl (C=O) groups is 2. The molecular weight excluding hydrogens is 484 g/mol. The number of amides is 1. The van der Waals surface area contributed by atoms with Crippen molar-refractivity contribution < 1.29 is 27.7 Å². The summed E-state index contributed by atoms with van der Waals surface area (Å²) in [6.45, 7) is 1.82. The summed E-state index contributed by atoms with van der Waals surface area (Å²) >= 11 is 0. The predicted octanol–water partition coefficient (Wildman–Crippen LogP) is 4.30. The van der Waals surface area contributed by atoms with E-state index in [0.717, 1.165) is 11.1 Å². The molecule has 0 fully saturated rings. The van der Waals surface area contributed by atoms with Crippen molar-refractivity contribution in [2.75, 3.05) is 7.05 Å². The van der Waals surface area contributed by atoms with Crippen molar-refractivity contribution in [2.24, 2.45) is 0 Å². The summed E-state index contributed by atoms with van der Waals surface area (Å²) in [5.74, 6) is -1.50. The first kappa shape index (κ1) is 26.6. The van der Waals surface area contributed by atoms with Gasteiger partial charge >= 0.3 is 5.97 Å². The molecule has 36 heavy (non-hydrogen) atoms. The average Bonchev–Trinajstić information content (AvgIpc) is 2.87. The molecule has 0 aliphatic carbocycles. The zero-order chi connectivity index (χ0) is 26.3. The second-order valence-electron chi connectivity index (χ2n) is 8.24. The summed E-state index contributed by atoms with van der Waals surface area (Å²) in [6.07, 6.45) is -0.517. The van der Waals surface area contributed by atoms with Crippen LogP contribution >= 0.6 is 0 Å². The van der Waals surface area contributed by atoms with Gasteiger partial charge in [0.1, 0.15) is 6.10 Å². The molecule has 1 amide bonds. The number of hydrogen-bond donors (Lipinski definition) is 0. The number of non-ortho nitro benzene ring substituents is 1. The van der Waals surface area contributed by atoms with Crippen LogP contribution in [0.4, 0.5) is 5.69 Å². The quantitative estimate of drug-likeness (QED) is 0.226. The number of nitro groups is 1. The Morgan fingerprint density at radius 2 is 1.58 bits per heavy atom. The maximum atomic E-state index is 13.0. The number of nitrogens with zero attached hydrogens (tertiary/aromatic N) is 2. The molecule has 0 bridgehead atoms. The third-order valence-corrected chi connectivity index (χ3v) is 7.41. The van der Waals surface area contributed by atoms with Gasteiger partial charge in [0.05, 0.1) is 21.8 Å². The largest absolute Gasteiger partial charge is 0.458 e. The summed E-state index contributed by atoms with van der Waals surface area (Å²) in [4.78, 5) is 35.9. The van der Waals surface area contributed by atoms with Crippen molar-refractivity contribution in [3.63, 3.8) is 0 Å². The molecule has 3 aromatic carbocycles. The highest BCUT2D eigenvalue weighted by Crippen LogP contribution is 2.20. The molecule has 3 rings (SSSR count). The Balaban J connectivity index is 1.76. The molecule has 0 radical (unpaired) electrons. The number of sulfonamides is 1. The Morgan fingerprint density at radius 3 is 2.17 bits per heavy atom. The average molecular weight is 511 g/mol. The van der Waals surface area contributed by atoms with E-state index in [2.05, 4.69) is 0 Å². The lowest BCUT2D eigenvalue weighted by atomic mass is 10.0. The van der Waals surface area contributed by atoms with Crippen LogP contribution in [0.5, 0.6) is 0 Å². The maximum Gasteiger partial charge on any atom is 0.338 e. The van der Waals surface area contributed by atoms with Crippen LogP contribution in [0.15, 0.2) is 83.8 Å². The first-order chi connectivity index (χ1) is 17.1. The number of carbonyl (C=O) groups excluding carboxylic acids is 2. The monoisotopic (exact) mass is 510 g/mol. The third-order valence-electron chi connectivity index (χ3n) is 5.62. The molecular formula is C26H26N2O7S. The lowest BCUT2D eigenvalue weighted by Crippen LogP contribution is -2.36. The van der Waals surface area contributed by atoms with Gasteiger partial charge in [-0.3, -0.25) is 14.9 Å². The van der Waals surface area contributed by atoms with E-state index in [-0.39, 0.29) is 29.0 Å². The molecule has 0 saturated carbocycles. The molecule has 0 aromatic heterocycles. The van der Waals surface area contributed by atoms with E-state index in [9.17, 15) is 28.1 Å². The van der Waals surface area contributed by atoms with Gasteiger partial charge in [-0.25, -0.2) is 17.5 Å². The Morgan fingerprint density at radius 1 is 0.972 bits per heavy atom. The molecule has 1 unspecified atom stereocenters. The first-order valence-corrected chi connectivity index (χ1v) is 12.6. The molecule has 9 nitrogen and oxygen atoms in total. The number of benzene rings is 3. The number of esters is 1. The van der Waals surface area contributed by atoms with E-state index in [0.29, 0.717) is 10.7 Å². The van der Waals surface area contributed by atoms with Crippen molar-refractivity contribution in [3.05, 3.63) is 106 Å². The predicted molar refractivity (Wildman–Crippen MR) is 133 cm³/mol. The van der Waals surface area contributed by atoms with Crippen LogP contribution in [-0.2, 0) is 26.0 Å². The maximum absolute atomic E-state index is 13.0. The minimum atomic E-state index is -4.08. The zero-order valence-electron chi connectivity index (χ0n) is 19.9. The van der Waals surface area contributed by atoms with Gasteiger partial charge in [0.25, 0.3) is 15.7 Å². The molecule has 0 aliphatic rings. The van der Waals surface area contributed by atoms with E-state index < -0.39 is 32.9 Å². The second kappa shape index (κ2) is 11.6. The summed E-state index contributed by atoms with van der Waals surface area (Å²) < 4.78 is 32.1. The van der Waals surface area contributed by atoms with E-state index in [1.54, 1.807) is 12.1 Å². The van der Waals surface area contributed by atoms with Gasteiger partial charge in [0.15, 0.2) is 0 Å². The summed E-state index contributed by atoms with van der Waals surface area (Å²) in [5, 5.41) is 10.9. The summed E-state index contributed by atoms with van der Waals surface area (Å²) in [5.41, 5.74) is 1.74. The van der Waals surface area contributed by atoms with Gasteiger partial charge in [0.2, 0.25) is 5.91 Å². The van der Waals surface area contributed by atoms with Crippen molar-refractivity contribution in [1.82, 2.24) is 4.31 Å². The van der Waals surface area contributed by atoms with Gasteiger partial charge in [-0.2, -0.15) is 0 Å². The fourth-order valence-electron chi connectivity index (χ4n) is 3.44. The number of rotatable bonds is 10. The van der Waals surface area contributed by atoms with Crippen molar-refractivity contribution in [3.8, 4) is 0 Å². The van der Waals surface area contributed by atoms with Gasteiger partial charge in [-0.15, -0.1) is 0 Å². The van der Waals surface area contributed by atoms with E-state index in [1.807, 2.05) is 37.3 Å². The van der Waals surface area contributed by atoms with E-state index in [4.69, 9.17) is 4.74 Å². The number of hydrogen-bond acceptors (Lipinski definition) is 7. The van der Waals surface area contributed by atoms with Crippen LogP contribution < -0.4 is 0 Å². The number of ether oxygens (including phenoxy) is 1. The Labute approximate surface area is 209 Å². The Kier molecular flexibility index (Phi) is 8.55. The van der Waals surface area contributed by atoms with Gasteiger partial charge < -0.3 is 4.74 Å². The standard InChI is InChI=1S/C26H26N2O7S/c1-19-8-16-24(17-9-19)36(33,34)27(2)25(29)18-23(15-10-20-6-4-3-5-7-20)35-26(30)21-11-13-22(14-12-21)28(31)32/h3-9,11-14,16-17,23H,10,15,18H2,1-2H3. The molecule has 10 heteroatoms. The molecule has 0 heterocycles. The topological polar surface area (TPSA) is 124 Å². The zero-order valence-corrected chi connectivity index (χ0v) is 20.7. The van der Waals surface area contributed by atoms with E-state index >= 15 is 0 Å². The highest BCUT2D eigenvalue weighted by Gasteiger charge is 2.29. The van der Waals surface area contributed by atoms with Crippen molar-refractivity contribution >= 4 is 27.6 Å². The minimum Gasteiger partial charge on any atom is -0.458 e. The lowest BCUT2D eigenvalue weighted by molar-refractivity contribution is -0.384. The number of nitro benzene ring substituents is 1. The van der Waals surface area contributed by atoms with Crippen LogP contribution in [0, 0.1) is 17.0 Å². The molecule has 3 aromatic rings. The van der Waals surface area contributed by atoms with Crippen LogP contribution in [0.1, 0.15) is 34.3 Å². The van der Waals surface area contributed by atoms with Gasteiger partial charge in [-0.05, 0) is 49.6 Å². The third kappa shape index (κ3) is 6.76. The molecule has 0 N–H and O–H groups in total. The van der Waals surface area contributed by atoms with Gasteiger partial charge in [0, 0.05) is 19.2 Å². The number of aryl methyl sites for hydroxylation is 2. The molecule has 0 saturated heterocycles. The van der Waals surface area contributed by atoms with Gasteiger partial charge in [-0.1, -0.05) is 48.0 Å². The SMILES string of the molecule is Cc1ccc(S(=O)(=O)N(C)C(=O)CC(CCc2ccccc2)OC(=O)c2ccc([N+](=O)[O-])cc2)cc1. The molecule has 1 atom stereocenters. The fraction of sp³-hybridized carbons (Fsp3) is 0.231. The highest BCUT2D eigenvalue weighted by atomic mass is 32.2. The van der Waals surface area contributed by atoms with Crippen LogP contribution in [0.2, 0.25) is 0 Å². The van der Waals surface area contributed by atoms with Crippen LogP contribution in [-0.4, -0.2) is 42.7 Å². The normalized spacial score (nSPS) is 11.9. The summed E-state index contributed by atoms with van der Waals surface area (Å²) in [7, 11) is -2.91. The highest BCUT2D eigenvalue weighted by molar-refractivity contribution is 7.89. The molecule has 188 valence electrons. The van der Waals surface area contributed by atoms with E-state index in [1.165, 1.54) is 43.4 Å². The lowest BCUT2D eigenvalue weighted by Gasteiger charge is -2.22. The van der Waals surface area contributed by atoms with Crippen LogP contribution in [0.25, 0.3) is 0 Å². The second-order valence-corrected chi connectivity index (χ2v) is 10.2. The first-order valence-electron chi connectivity index (χ1n) is 11.2.